The van der Waals surface area contributed by atoms with Crippen molar-refractivity contribution in [2.45, 2.75) is 44.9 Å². The van der Waals surface area contributed by atoms with Crippen molar-refractivity contribution in [2.24, 2.45) is 0 Å². The molecule has 5 heteroatoms. The summed E-state index contributed by atoms with van der Waals surface area (Å²) < 4.78 is 0. The Kier molecular flexibility index (Phi) is 12.6. The molecule has 224 valence electrons. The summed E-state index contributed by atoms with van der Waals surface area (Å²) in [7, 11) is -0.451. The summed E-state index contributed by atoms with van der Waals surface area (Å²) in [5, 5.41) is 6.48. The minimum absolute atomic E-state index is 0.300. The monoisotopic (exact) mass is 666 g/mol. The Balaban J connectivity index is 1.51. The van der Waals surface area contributed by atoms with Gasteiger partial charge in [0.2, 0.25) is 0 Å². The summed E-state index contributed by atoms with van der Waals surface area (Å²) in [5.41, 5.74) is 2.64. The molecule has 1 heterocycles. The van der Waals surface area contributed by atoms with Gasteiger partial charge < -0.3 is 0 Å². The SMILES string of the molecule is c1ccc(-c2ccc(P3CCCCCCCCCPP(c4ccccc4)P(c4ccccc4)P3c3ccccc3)cc2)cc1. The average molecular weight is 667 g/mol. The average Bonchev–Trinajstić information content (AvgIpc) is 3.10. The summed E-state index contributed by atoms with van der Waals surface area (Å²) in [6.45, 7) is 0. The molecule has 5 atom stereocenters. The molecule has 0 radical (unpaired) electrons. The Hall–Kier alpha value is -1.75. The van der Waals surface area contributed by atoms with Gasteiger partial charge >= 0.3 is 0 Å². The second kappa shape index (κ2) is 17.2. The Labute approximate surface area is 271 Å². The van der Waals surface area contributed by atoms with Crippen LogP contribution in [0.2, 0.25) is 0 Å². The number of rotatable bonds is 5. The molecule has 5 aromatic rings. The third-order valence-electron chi connectivity index (χ3n) is 8.15. The van der Waals surface area contributed by atoms with Crippen LogP contribution in [0.25, 0.3) is 11.1 Å². The molecule has 6 rings (SSSR count). The van der Waals surface area contributed by atoms with E-state index >= 15 is 0 Å². The van der Waals surface area contributed by atoms with Gasteiger partial charge in [0.15, 0.2) is 0 Å². The second-order valence-electron chi connectivity index (χ2n) is 11.3. The van der Waals surface area contributed by atoms with E-state index in [1.807, 2.05) is 0 Å². The minimum Gasteiger partial charge on any atom is -0.0862 e. The number of hydrogen-bond donors (Lipinski definition) is 0. The molecule has 1 fully saturated rings. The first-order valence-electron chi connectivity index (χ1n) is 16.1. The fraction of sp³-hybridized carbons (Fsp3) is 0.231. The maximum atomic E-state index is 2.51. The van der Waals surface area contributed by atoms with Gasteiger partial charge in [-0.25, -0.2) is 0 Å². The molecule has 5 aromatic carbocycles. The Morgan fingerprint density at radius 2 is 0.818 bits per heavy atom. The molecule has 5 unspecified atom stereocenters. The van der Waals surface area contributed by atoms with Crippen molar-refractivity contribution < 1.29 is 0 Å². The van der Waals surface area contributed by atoms with Crippen LogP contribution in [0.15, 0.2) is 146 Å². The first-order chi connectivity index (χ1) is 21.9. The quantitative estimate of drug-likeness (QED) is 0.164. The molecule has 1 aliphatic heterocycles. The zero-order valence-electron chi connectivity index (χ0n) is 25.5. The molecule has 1 saturated heterocycles. The molecule has 0 aromatic heterocycles. The number of benzene rings is 5. The van der Waals surface area contributed by atoms with Crippen molar-refractivity contribution in [1.82, 2.24) is 0 Å². The van der Waals surface area contributed by atoms with E-state index in [0.29, 0.717) is 0 Å². The maximum Gasteiger partial charge on any atom is -0.00694 e. The summed E-state index contributed by atoms with van der Waals surface area (Å²) in [4.78, 5) is 0. The zero-order chi connectivity index (χ0) is 29.8. The van der Waals surface area contributed by atoms with Crippen molar-refractivity contribution in [3.63, 3.8) is 0 Å². The third-order valence-corrected chi connectivity index (χ3v) is 37.5. The second-order valence-corrected chi connectivity index (χ2v) is 30.0. The first kappa shape index (κ1) is 32.2. The fourth-order valence-electron chi connectivity index (χ4n) is 5.87. The van der Waals surface area contributed by atoms with Crippen molar-refractivity contribution in [3.05, 3.63) is 146 Å². The highest BCUT2D eigenvalue weighted by atomic mass is 32.8. The van der Waals surface area contributed by atoms with Gasteiger partial charge in [0.05, 0.1) is 0 Å². The minimum atomic E-state index is -0.416. The first-order valence-corrected chi connectivity index (χ1v) is 25.8. The summed E-state index contributed by atoms with van der Waals surface area (Å²) in [6.07, 6.45) is 12.5. The van der Waals surface area contributed by atoms with Gasteiger partial charge in [-0.15, -0.1) is 0 Å². The summed E-state index contributed by atoms with van der Waals surface area (Å²) in [5.74, 6) is 0. The van der Waals surface area contributed by atoms with Crippen LogP contribution in [0, 0.1) is 0 Å². The molecular weight excluding hydrogens is 623 g/mol. The third kappa shape index (κ3) is 8.53. The molecule has 0 nitrogen and oxygen atoms in total. The highest BCUT2D eigenvalue weighted by molar-refractivity contribution is 8.89. The van der Waals surface area contributed by atoms with Crippen molar-refractivity contribution in [1.29, 1.82) is 0 Å². The molecular formula is C39H43P5. The highest BCUT2D eigenvalue weighted by Crippen LogP contribution is 2.98. The van der Waals surface area contributed by atoms with Crippen molar-refractivity contribution >= 4 is 59.0 Å². The van der Waals surface area contributed by atoms with Gasteiger partial charge in [-0.3, -0.25) is 0 Å². The van der Waals surface area contributed by atoms with Crippen LogP contribution in [0.5, 0.6) is 0 Å². The lowest BCUT2D eigenvalue weighted by Gasteiger charge is -2.40. The van der Waals surface area contributed by atoms with Crippen LogP contribution in [-0.2, 0) is 0 Å². The lowest BCUT2D eigenvalue weighted by molar-refractivity contribution is 0.605. The normalized spacial score (nSPS) is 22.6. The molecule has 1 aliphatic rings. The Morgan fingerprint density at radius 3 is 1.41 bits per heavy atom. The van der Waals surface area contributed by atoms with E-state index in [-0.39, 0.29) is 14.9 Å². The zero-order valence-corrected chi connectivity index (χ0v) is 30.1. The van der Waals surface area contributed by atoms with Gasteiger partial charge in [-0.1, -0.05) is 186 Å². The fourth-order valence-corrected chi connectivity index (χ4v) is 44.5. The van der Waals surface area contributed by atoms with Gasteiger partial charge in [0.25, 0.3) is 0 Å². The van der Waals surface area contributed by atoms with E-state index in [9.17, 15) is 0 Å². The van der Waals surface area contributed by atoms with Crippen LogP contribution in [0.4, 0.5) is 0 Å². The van der Waals surface area contributed by atoms with Gasteiger partial charge in [-0.05, 0) is 87.0 Å². The van der Waals surface area contributed by atoms with Gasteiger partial charge in [0, 0.05) is 0 Å². The molecule has 0 aliphatic carbocycles. The Morgan fingerprint density at radius 1 is 0.364 bits per heavy atom. The van der Waals surface area contributed by atoms with Crippen LogP contribution < -0.4 is 21.2 Å². The van der Waals surface area contributed by atoms with E-state index in [1.165, 1.54) is 68.4 Å². The van der Waals surface area contributed by atoms with Crippen molar-refractivity contribution in [3.8, 4) is 11.1 Å². The van der Waals surface area contributed by atoms with Gasteiger partial charge in [-0.2, -0.15) is 0 Å². The van der Waals surface area contributed by atoms with Gasteiger partial charge in [0.1, 0.15) is 0 Å². The lowest BCUT2D eigenvalue weighted by Crippen LogP contribution is -2.12. The smallest absolute Gasteiger partial charge is 0.00694 e. The van der Waals surface area contributed by atoms with E-state index in [0.717, 1.165) is 8.27 Å². The topological polar surface area (TPSA) is 0 Å². The van der Waals surface area contributed by atoms with Crippen LogP contribution in [0.3, 0.4) is 0 Å². The summed E-state index contributed by atoms with van der Waals surface area (Å²) in [6, 6.07) is 56.1. The van der Waals surface area contributed by atoms with E-state index < -0.39 is 14.6 Å². The van der Waals surface area contributed by atoms with E-state index in [4.69, 9.17) is 0 Å². The maximum absolute atomic E-state index is 2.51. The molecule has 0 bridgehead atoms. The molecule has 0 spiro atoms. The molecule has 0 saturated carbocycles. The largest absolute Gasteiger partial charge is 0.0862 e. The predicted octanol–water partition coefficient (Wildman–Crippen LogP) is 12.0. The predicted molar refractivity (Wildman–Crippen MR) is 208 cm³/mol. The lowest BCUT2D eigenvalue weighted by atomic mass is 10.1. The standard InChI is InChI=1S/C39H43P5/c1-2-4-18-32-40-42(37-22-12-7-13-23-37)44(39-26-16-9-17-27-39)43(38-24-14-8-15-25-38)41(33-19-5-3-1)36-30-28-35(29-31-36)34-20-10-6-11-21-34/h6-17,20-31,40H,1-5,18-19,32-33H2. The van der Waals surface area contributed by atoms with Crippen LogP contribution in [0.1, 0.15) is 44.9 Å². The van der Waals surface area contributed by atoms with Crippen LogP contribution in [-0.4, -0.2) is 12.3 Å². The molecule has 0 amide bonds. The van der Waals surface area contributed by atoms with Crippen molar-refractivity contribution in [2.75, 3.05) is 12.3 Å². The number of hydrogen-bond acceptors (Lipinski definition) is 0. The Bertz CT molecular complexity index is 1510. The molecule has 0 N–H and O–H groups in total. The summed E-state index contributed by atoms with van der Waals surface area (Å²) >= 11 is 0. The van der Waals surface area contributed by atoms with Crippen LogP contribution >= 0.6 is 37.8 Å². The van der Waals surface area contributed by atoms with E-state index in [1.54, 1.807) is 21.2 Å². The van der Waals surface area contributed by atoms with E-state index in [2.05, 4.69) is 146 Å². The molecule has 44 heavy (non-hydrogen) atoms. The highest BCUT2D eigenvalue weighted by Gasteiger charge is 2.38.